The predicted octanol–water partition coefficient (Wildman–Crippen LogP) is 3.94. The second kappa shape index (κ2) is 6.82. The van der Waals surface area contributed by atoms with Crippen LogP contribution in [0.2, 0.25) is 0 Å². The SMILES string of the molecule is O=C(c1c(O)cccc1F)N1CCCC(c2ccccc2)CC1. The maximum absolute atomic E-state index is 13.9. The number of rotatable bonds is 2. The van der Waals surface area contributed by atoms with E-state index < -0.39 is 11.7 Å². The van der Waals surface area contributed by atoms with Crippen LogP contribution in [-0.4, -0.2) is 29.0 Å². The summed E-state index contributed by atoms with van der Waals surface area (Å²) in [5, 5.41) is 9.81. The summed E-state index contributed by atoms with van der Waals surface area (Å²) in [7, 11) is 0. The van der Waals surface area contributed by atoms with Gasteiger partial charge in [0.15, 0.2) is 0 Å². The van der Waals surface area contributed by atoms with E-state index in [1.807, 2.05) is 18.2 Å². The van der Waals surface area contributed by atoms with Crippen molar-refractivity contribution in [1.82, 2.24) is 4.90 Å². The first-order valence-corrected chi connectivity index (χ1v) is 7.98. The van der Waals surface area contributed by atoms with Gasteiger partial charge in [-0.3, -0.25) is 4.79 Å². The van der Waals surface area contributed by atoms with Crippen LogP contribution in [0.4, 0.5) is 4.39 Å². The molecule has 1 N–H and O–H groups in total. The molecule has 1 amide bonds. The van der Waals surface area contributed by atoms with E-state index in [4.69, 9.17) is 0 Å². The predicted molar refractivity (Wildman–Crippen MR) is 87.0 cm³/mol. The Kier molecular flexibility index (Phi) is 4.60. The van der Waals surface area contributed by atoms with E-state index in [2.05, 4.69) is 12.1 Å². The molecule has 1 saturated heterocycles. The van der Waals surface area contributed by atoms with Crippen LogP contribution >= 0.6 is 0 Å². The molecule has 0 radical (unpaired) electrons. The van der Waals surface area contributed by atoms with Crippen molar-refractivity contribution in [2.45, 2.75) is 25.2 Å². The van der Waals surface area contributed by atoms with Gasteiger partial charge in [0.2, 0.25) is 0 Å². The van der Waals surface area contributed by atoms with Gasteiger partial charge in [-0.2, -0.15) is 0 Å². The number of phenolic OH excluding ortho intramolecular Hbond substituents is 1. The zero-order chi connectivity index (χ0) is 16.2. The third kappa shape index (κ3) is 3.36. The normalized spacial score (nSPS) is 18.5. The van der Waals surface area contributed by atoms with E-state index in [1.54, 1.807) is 4.90 Å². The minimum atomic E-state index is -0.668. The van der Waals surface area contributed by atoms with Gasteiger partial charge in [0.25, 0.3) is 5.91 Å². The number of phenols is 1. The summed E-state index contributed by atoms with van der Waals surface area (Å²) in [6, 6.07) is 14.2. The van der Waals surface area contributed by atoms with Crippen LogP contribution in [0.1, 0.15) is 41.1 Å². The second-order valence-electron chi connectivity index (χ2n) is 5.96. The summed E-state index contributed by atoms with van der Waals surface area (Å²) < 4.78 is 13.9. The molecule has 2 aromatic carbocycles. The van der Waals surface area contributed by atoms with E-state index in [0.29, 0.717) is 19.0 Å². The molecule has 0 bridgehead atoms. The van der Waals surface area contributed by atoms with Crippen LogP contribution in [0.5, 0.6) is 5.75 Å². The third-order valence-electron chi connectivity index (χ3n) is 4.49. The highest BCUT2D eigenvalue weighted by atomic mass is 19.1. The standard InChI is InChI=1S/C19H20FNO2/c20-16-9-4-10-17(22)18(16)19(23)21-12-5-8-15(11-13-21)14-6-2-1-3-7-14/h1-4,6-7,9-10,15,22H,5,8,11-13H2. The molecule has 1 fully saturated rings. The molecule has 1 unspecified atom stereocenters. The van der Waals surface area contributed by atoms with Gasteiger partial charge in [0.05, 0.1) is 0 Å². The number of benzene rings is 2. The number of nitrogens with zero attached hydrogens (tertiary/aromatic N) is 1. The van der Waals surface area contributed by atoms with Crippen molar-refractivity contribution in [1.29, 1.82) is 0 Å². The van der Waals surface area contributed by atoms with Crippen LogP contribution in [-0.2, 0) is 0 Å². The highest BCUT2D eigenvalue weighted by Crippen LogP contribution is 2.29. The van der Waals surface area contributed by atoms with Crippen molar-refractivity contribution >= 4 is 5.91 Å². The van der Waals surface area contributed by atoms with E-state index >= 15 is 0 Å². The van der Waals surface area contributed by atoms with E-state index in [-0.39, 0.29) is 11.3 Å². The van der Waals surface area contributed by atoms with Gasteiger partial charge < -0.3 is 10.0 Å². The summed E-state index contributed by atoms with van der Waals surface area (Å²) >= 11 is 0. The van der Waals surface area contributed by atoms with Gasteiger partial charge in [-0.15, -0.1) is 0 Å². The molecule has 3 nitrogen and oxygen atoms in total. The van der Waals surface area contributed by atoms with Gasteiger partial charge in [0.1, 0.15) is 17.1 Å². The molecule has 1 aliphatic heterocycles. The van der Waals surface area contributed by atoms with Crippen molar-refractivity contribution in [3.8, 4) is 5.75 Å². The molecule has 1 atom stereocenters. The summed E-state index contributed by atoms with van der Waals surface area (Å²) in [6.45, 7) is 1.17. The lowest BCUT2D eigenvalue weighted by Crippen LogP contribution is -2.32. The average Bonchev–Trinajstić information content (AvgIpc) is 2.81. The number of hydrogen-bond donors (Lipinski definition) is 1. The van der Waals surface area contributed by atoms with Crippen LogP contribution in [0, 0.1) is 5.82 Å². The number of amides is 1. The monoisotopic (exact) mass is 313 g/mol. The zero-order valence-electron chi connectivity index (χ0n) is 12.9. The third-order valence-corrected chi connectivity index (χ3v) is 4.49. The largest absolute Gasteiger partial charge is 0.507 e. The fourth-order valence-corrected chi connectivity index (χ4v) is 3.24. The van der Waals surface area contributed by atoms with E-state index in [1.165, 1.54) is 23.8 Å². The minimum Gasteiger partial charge on any atom is -0.507 e. The van der Waals surface area contributed by atoms with Crippen molar-refractivity contribution in [3.05, 3.63) is 65.5 Å². The van der Waals surface area contributed by atoms with Crippen molar-refractivity contribution in [3.63, 3.8) is 0 Å². The van der Waals surface area contributed by atoms with Crippen molar-refractivity contribution < 1.29 is 14.3 Å². The van der Waals surface area contributed by atoms with Crippen LogP contribution in [0.3, 0.4) is 0 Å². The van der Waals surface area contributed by atoms with Crippen molar-refractivity contribution in [2.75, 3.05) is 13.1 Å². The Balaban J connectivity index is 1.74. The van der Waals surface area contributed by atoms with Crippen LogP contribution in [0.25, 0.3) is 0 Å². The number of halogens is 1. The highest BCUT2D eigenvalue weighted by molar-refractivity contribution is 5.97. The molecule has 0 aromatic heterocycles. The number of aromatic hydroxyl groups is 1. The summed E-state index contributed by atoms with van der Waals surface area (Å²) in [4.78, 5) is 14.2. The maximum atomic E-state index is 13.9. The van der Waals surface area contributed by atoms with Crippen molar-refractivity contribution in [2.24, 2.45) is 0 Å². The molecule has 120 valence electrons. The first kappa shape index (κ1) is 15.5. The molecule has 23 heavy (non-hydrogen) atoms. The first-order valence-electron chi connectivity index (χ1n) is 7.98. The minimum absolute atomic E-state index is 0.217. The number of carbonyl (C=O) groups is 1. The summed E-state index contributed by atoms with van der Waals surface area (Å²) in [5.74, 6) is -0.963. The number of carbonyl (C=O) groups excluding carboxylic acids is 1. The summed E-state index contributed by atoms with van der Waals surface area (Å²) in [5.41, 5.74) is 1.07. The molecule has 0 saturated carbocycles. The van der Waals surface area contributed by atoms with Gasteiger partial charge in [-0.1, -0.05) is 36.4 Å². The fourth-order valence-electron chi connectivity index (χ4n) is 3.24. The average molecular weight is 313 g/mol. The topological polar surface area (TPSA) is 40.5 Å². The number of likely N-dealkylation sites (tertiary alicyclic amines) is 1. The molecule has 1 aliphatic rings. The van der Waals surface area contributed by atoms with Crippen LogP contribution < -0.4 is 0 Å². The smallest absolute Gasteiger partial charge is 0.260 e. The molecule has 2 aromatic rings. The molecular weight excluding hydrogens is 293 g/mol. The Labute approximate surface area is 135 Å². The van der Waals surface area contributed by atoms with Gasteiger partial charge >= 0.3 is 0 Å². The Morgan fingerprint density at radius 1 is 1.04 bits per heavy atom. The van der Waals surface area contributed by atoms with E-state index in [0.717, 1.165) is 19.3 Å². The number of hydrogen-bond acceptors (Lipinski definition) is 2. The fraction of sp³-hybridized carbons (Fsp3) is 0.316. The van der Waals surface area contributed by atoms with Gasteiger partial charge in [0, 0.05) is 13.1 Å². The Morgan fingerprint density at radius 2 is 1.83 bits per heavy atom. The second-order valence-corrected chi connectivity index (χ2v) is 5.96. The molecule has 3 rings (SSSR count). The molecular formula is C19H20FNO2. The lowest BCUT2D eigenvalue weighted by atomic mass is 9.92. The summed E-state index contributed by atoms with van der Waals surface area (Å²) in [6.07, 6.45) is 2.74. The Bertz CT molecular complexity index is 667. The highest BCUT2D eigenvalue weighted by Gasteiger charge is 2.26. The zero-order valence-corrected chi connectivity index (χ0v) is 12.9. The molecule has 0 spiro atoms. The maximum Gasteiger partial charge on any atom is 0.260 e. The quantitative estimate of drug-likeness (QED) is 0.912. The Morgan fingerprint density at radius 3 is 2.57 bits per heavy atom. The van der Waals surface area contributed by atoms with Crippen LogP contribution in [0.15, 0.2) is 48.5 Å². The Hall–Kier alpha value is -2.36. The van der Waals surface area contributed by atoms with Gasteiger partial charge in [-0.25, -0.2) is 4.39 Å². The van der Waals surface area contributed by atoms with E-state index in [9.17, 15) is 14.3 Å². The lowest BCUT2D eigenvalue weighted by Gasteiger charge is -2.21. The lowest BCUT2D eigenvalue weighted by molar-refractivity contribution is 0.0753. The molecule has 4 heteroatoms. The van der Waals surface area contributed by atoms with Gasteiger partial charge in [-0.05, 0) is 42.9 Å². The molecule has 1 heterocycles. The first-order chi connectivity index (χ1) is 11.2. The molecule has 0 aliphatic carbocycles.